The van der Waals surface area contributed by atoms with Gasteiger partial charge in [-0.05, 0) is 18.6 Å². The molecule has 0 heterocycles. The Bertz CT molecular complexity index is 406. The summed E-state index contributed by atoms with van der Waals surface area (Å²) in [5.41, 5.74) is 0.0216. The molecule has 1 aromatic carbocycles. The van der Waals surface area contributed by atoms with E-state index in [2.05, 4.69) is 10.6 Å². The molecule has 0 fully saturated rings. The lowest BCUT2D eigenvalue weighted by molar-refractivity contribution is -0.109. The van der Waals surface area contributed by atoms with Crippen molar-refractivity contribution in [1.29, 1.82) is 0 Å². The van der Waals surface area contributed by atoms with E-state index in [1.807, 2.05) is 0 Å². The van der Waals surface area contributed by atoms with Crippen molar-refractivity contribution in [3.8, 4) is 11.5 Å². The maximum atomic E-state index is 11.6. The monoisotopic (exact) mass is 238 g/mol. The fraction of sp³-hybridized carbons (Fsp3) is 0.273. The van der Waals surface area contributed by atoms with E-state index in [4.69, 9.17) is 0 Å². The van der Waals surface area contributed by atoms with Crippen LogP contribution in [0.15, 0.2) is 18.2 Å². The van der Waals surface area contributed by atoms with Gasteiger partial charge in [-0.15, -0.1) is 0 Å². The lowest BCUT2D eigenvalue weighted by Crippen LogP contribution is -2.27. The van der Waals surface area contributed by atoms with Crippen LogP contribution in [-0.2, 0) is 4.79 Å². The van der Waals surface area contributed by atoms with Gasteiger partial charge in [0.15, 0.2) is 11.5 Å². The van der Waals surface area contributed by atoms with Gasteiger partial charge in [0.25, 0.3) is 5.91 Å². The van der Waals surface area contributed by atoms with Crippen LogP contribution < -0.4 is 10.6 Å². The molecule has 0 aliphatic carbocycles. The number of hydrogen-bond donors (Lipinski definition) is 4. The van der Waals surface area contributed by atoms with Gasteiger partial charge in [0, 0.05) is 13.1 Å². The molecular formula is C11H14N2O4. The summed E-state index contributed by atoms with van der Waals surface area (Å²) in [6.07, 6.45) is 1.17. The van der Waals surface area contributed by atoms with E-state index in [0.717, 1.165) is 0 Å². The number of para-hydroxylation sites is 1. The molecule has 92 valence electrons. The first-order valence-corrected chi connectivity index (χ1v) is 5.13. The fourth-order valence-electron chi connectivity index (χ4n) is 1.26. The fourth-order valence-corrected chi connectivity index (χ4v) is 1.26. The lowest BCUT2D eigenvalue weighted by Gasteiger charge is -2.07. The summed E-state index contributed by atoms with van der Waals surface area (Å²) in [7, 11) is 0. The number of rotatable bonds is 6. The Morgan fingerprint density at radius 1 is 1.29 bits per heavy atom. The Hall–Kier alpha value is -2.24. The third-order valence-electron chi connectivity index (χ3n) is 2.13. The lowest BCUT2D eigenvalue weighted by atomic mass is 10.1. The molecule has 2 amide bonds. The average Bonchev–Trinajstić information content (AvgIpc) is 2.32. The molecule has 6 nitrogen and oxygen atoms in total. The quantitative estimate of drug-likeness (QED) is 0.317. The maximum absolute atomic E-state index is 11.6. The summed E-state index contributed by atoms with van der Waals surface area (Å²) in [5.74, 6) is -1.24. The Balaban J connectivity index is 2.47. The Morgan fingerprint density at radius 3 is 2.76 bits per heavy atom. The van der Waals surface area contributed by atoms with E-state index in [-0.39, 0.29) is 11.3 Å². The molecule has 1 rings (SSSR count). The van der Waals surface area contributed by atoms with Gasteiger partial charge in [-0.2, -0.15) is 0 Å². The third kappa shape index (κ3) is 3.67. The van der Waals surface area contributed by atoms with Crippen molar-refractivity contribution in [2.45, 2.75) is 6.42 Å². The zero-order valence-corrected chi connectivity index (χ0v) is 9.14. The normalized spacial score (nSPS) is 9.65. The van der Waals surface area contributed by atoms with Crippen molar-refractivity contribution in [3.63, 3.8) is 0 Å². The SMILES string of the molecule is O=CNCCCNC(=O)c1cccc(O)c1O. The molecule has 0 saturated heterocycles. The van der Waals surface area contributed by atoms with Crippen LogP contribution in [-0.4, -0.2) is 35.6 Å². The average molecular weight is 238 g/mol. The predicted molar refractivity (Wildman–Crippen MR) is 60.8 cm³/mol. The van der Waals surface area contributed by atoms with E-state index < -0.39 is 11.7 Å². The summed E-state index contributed by atoms with van der Waals surface area (Å²) in [4.78, 5) is 21.5. The van der Waals surface area contributed by atoms with Gasteiger partial charge in [-0.3, -0.25) is 9.59 Å². The van der Waals surface area contributed by atoms with Crippen molar-refractivity contribution >= 4 is 12.3 Å². The molecule has 6 heteroatoms. The van der Waals surface area contributed by atoms with E-state index in [1.165, 1.54) is 18.2 Å². The van der Waals surface area contributed by atoms with Gasteiger partial charge in [0.2, 0.25) is 6.41 Å². The number of benzene rings is 1. The molecular weight excluding hydrogens is 224 g/mol. The highest BCUT2D eigenvalue weighted by atomic mass is 16.3. The van der Waals surface area contributed by atoms with E-state index in [9.17, 15) is 19.8 Å². The first-order chi connectivity index (χ1) is 8.16. The molecule has 17 heavy (non-hydrogen) atoms. The molecule has 0 saturated carbocycles. The van der Waals surface area contributed by atoms with Crippen molar-refractivity contribution in [2.24, 2.45) is 0 Å². The number of phenols is 2. The molecule has 0 aromatic heterocycles. The second-order valence-electron chi connectivity index (χ2n) is 3.35. The van der Waals surface area contributed by atoms with Gasteiger partial charge < -0.3 is 20.8 Å². The van der Waals surface area contributed by atoms with E-state index in [0.29, 0.717) is 25.9 Å². The second-order valence-corrected chi connectivity index (χ2v) is 3.35. The van der Waals surface area contributed by atoms with Gasteiger partial charge >= 0.3 is 0 Å². The van der Waals surface area contributed by atoms with Crippen molar-refractivity contribution in [2.75, 3.05) is 13.1 Å². The van der Waals surface area contributed by atoms with Gasteiger partial charge in [-0.1, -0.05) is 6.07 Å². The first-order valence-electron chi connectivity index (χ1n) is 5.13. The molecule has 0 bridgehead atoms. The topological polar surface area (TPSA) is 98.7 Å². The molecule has 0 atom stereocenters. The highest BCUT2D eigenvalue weighted by Gasteiger charge is 2.12. The Labute approximate surface area is 98.3 Å². The minimum atomic E-state index is -0.468. The van der Waals surface area contributed by atoms with Crippen LogP contribution in [0.5, 0.6) is 11.5 Å². The minimum absolute atomic E-state index is 0.0216. The summed E-state index contributed by atoms with van der Waals surface area (Å²) < 4.78 is 0. The third-order valence-corrected chi connectivity index (χ3v) is 2.13. The highest BCUT2D eigenvalue weighted by Crippen LogP contribution is 2.27. The molecule has 0 aliphatic heterocycles. The number of hydrogen-bond acceptors (Lipinski definition) is 4. The predicted octanol–water partition coefficient (Wildman–Crippen LogP) is -0.0363. The molecule has 0 aliphatic rings. The zero-order valence-electron chi connectivity index (χ0n) is 9.14. The first kappa shape index (κ1) is 12.8. The summed E-state index contributed by atoms with van der Waals surface area (Å²) >= 11 is 0. The summed E-state index contributed by atoms with van der Waals surface area (Å²) in [6, 6.07) is 4.17. The number of carbonyl (C=O) groups is 2. The van der Waals surface area contributed by atoms with Crippen LogP contribution in [0.3, 0.4) is 0 Å². The summed E-state index contributed by atoms with van der Waals surface area (Å²) in [5, 5.41) is 23.7. The number of nitrogens with one attached hydrogen (secondary N) is 2. The molecule has 4 N–H and O–H groups in total. The van der Waals surface area contributed by atoms with E-state index >= 15 is 0 Å². The maximum Gasteiger partial charge on any atom is 0.255 e. The van der Waals surface area contributed by atoms with Gasteiger partial charge in [0.05, 0.1) is 5.56 Å². The Morgan fingerprint density at radius 2 is 2.06 bits per heavy atom. The van der Waals surface area contributed by atoms with Crippen LogP contribution in [0.1, 0.15) is 16.8 Å². The molecule has 1 aromatic rings. The number of aromatic hydroxyl groups is 2. The Kier molecular flexibility index (Phi) is 4.80. The van der Waals surface area contributed by atoms with Crippen LogP contribution >= 0.6 is 0 Å². The van der Waals surface area contributed by atoms with E-state index in [1.54, 1.807) is 0 Å². The van der Waals surface area contributed by atoms with Gasteiger partial charge in [-0.25, -0.2) is 0 Å². The minimum Gasteiger partial charge on any atom is -0.504 e. The van der Waals surface area contributed by atoms with Gasteiger partial charge in [0.1, 0.15) is 0 Å². The largest absolute Gasteiger partial charge is 0.504 e. The molecule has 0 radical (unpaired) electrons. The van der Waals surface area contributed by atoms with Crippen LogP contribution in [0.4, 0.5) is 0 Å². The van der Waals surface area contributed by atoms with Crippen molar-refractivity contribution < 1.29 is 19.8 Å². The zero-order chi connectivity index (χ0) is 12.7. The standard InChI is InChI=1S/C11H14N2O4/c14-7-12-5-2-6-13-11(17)8-3-1-4-9(15)10(8)16/h1,3-4,7,15-16H,2,5-6H2,(H,12,14)(H,13,17). The van der Waals surface area contributed by atoms with Crippen molar-refractivity contribution in [3.05, 3.63) is 23.8 Å². The van der Waals surface area contributed by atoms with Crippen LogP contribution in [0.25, 0.3) is 0 Å². The van der Waals surface area contributed by atoms with Crippen LogP contribution in [0.2, 0.25) is 0 Å². The molecule has 0 spiro atoms. The second kappa shape index (κ2) is 6.37. The summed E-state index contributed by atoms with van der Waals surface area (Å²) in [6.45, 7) is 0.838. The van der Waals surface area contributed by atoms with Crippen LogP contribution in [0, 0.1) is 0 Å². The molecule has 0 unspecified atom stereocenters. The smallest absolute Gasteiger partial charge is 0.255 e. The number of phenolic OH excluding ortho intramolecular Hbond substituents is 2. The van der Waals surface area contributed by atoms with Crippen molar-refractivity contribution in [1.82, 2.24) is 10.6 Å². The highest BCUT2D eigenvalue weighted by molar-refractivity contribution is 5.97. The number of carbonyl (C=O) groups excluding carboxylic acids is 2. The number of amides is 2.